The van der Waals surface area contributed by atoms with Crippen molar-refractivity contribution in [2.24, 2.45) is 5.84 Å². The number of hydrogen-bond acceptors (Lipinski definition) is 3. The van der Waals surface area contributed by atoms with Crippen LogP contribution in [0.4, 0.5) is 18.9 Å². The van der Waals surface area contributed by atoms with Gasteiger partial charge in [0, 0.05) is 17.0 Å². The molecule has 0 atom stereocenters. The van der Waals surface area contributed by atoms with Crippen LogP contribution in [0, 0.1) is 17.5 Å². The van der Waals surface area contributed by atoms with Crippen LogP contribution in [-0.2, 0) is 0 Å². The molecule has 3 rings (SSSR count). The molecular weight excluding hydrogens is 243 g/mol. The summed E-state index contributed by atoms with van der Waals surface area (Å²) in [6, 6.07) is 2.55. The van der Waals surface area contributed by atoms with Gasteiger partial charge in [0.2, 0.25) is 0 Å². The zero-order valence-corrected chi connectivity index (χ0v) is 9.30. The highest BCUT2D eigenvalue weighted by Crippen LogP contribution is 2.41. The number of nitrogen functional groups attached to an aromatic ring is 1. The van der Waals surface area contributed by atoms with E-state index in [4.69, 9.17) is 5.84 Å². The number of nitrogens with zero attached hydrogens (tertiary/aromatic N) is 1. The molecule has 0 bridgehead atoms. The van der Waals surface area contributed by atoms with Crippen LogP contribution in [0.1, 0.15) is 24.5 Å². The van der Waals surface area contributed by atoms with E-state index in [1.165, 1.54) is 0 Å². The average molecular weight is 253 g/mol. The quantitative estimate of drug-likeness (QED) is 0.491. The van der Waals surface area contributed by atoms with Gasteiger partial charge in [-0.1, -0.05) is 0 Å². The third-order valence-corrected chi connectivity index (χ3v) is 3.11. The van der Waals surface area contributed by atoms with Crippen LogP contribution in [0.3, 0.4) is 0 Å². The van der Waals surface area contributed by atoms with E-state index >= 15 is 0 Å². The Labute approximate surface area is 101 Å². The fraction of sp³-hybridized carbons (Fsp3) is 0.250. The highest BCUT2D eigenvalue weighted by molar-refractivity contribution is 5.92. The first-order valence-corrected chi connectivity index (χ1v) is 5.56. The summed E-state index contributed by atoms with van der Waals surface area (Å²) in [4.78, 5) is 4.07. The van der Waals surface area contributed by atoms with Crippen molar-refractivity contribution in [2.45, 2.75) is 18.8 Å². The van der Waals surface area contributed by atoms with Crippen molar-refractivity contribution in [3.63, 3.8) is 0 Å². The molecule has 6 heteroatoms. The highest BCUT2D eigenvalue weighted by Gasteiger charge is 2.27. The molecule has 3 N–H and O–H groups in total. The van der Waals surface area contributed by atoms with Crippen molar-refractivity contribution in [3.05, 3.63) is 35.3 Å². The molecule has 0 spiro atoms. The Bertz CT molecular complexity index is 638. The number of halogens is 3. The maximum atomic E-state index is 13.7. The van der Waals surface area contributed by atoms with Gasteiger partial charge in [-0.25, -0.2) is 18.2 Å². The normalized spacial score (nSPS) is 15.1. The minimum Gasteiger partial charge on any atom is -0.323 e. The molecule has 1 aliphatic carbocycles. The van der Waals surface area contributed by atoms with Crippen LogP contribution < -0.4 is 11.3 Å². The summed E-state index contributed by atoms with van der Waals surface area (Å²) in [6.45, 7) is 0. The molecule has 2 aromatic rings. The number of pyridine rings is 1. The highest BCUT2D eigenvalue weighted by atomic mass is 19.2. The van der Waals surface area contributed by atoms with Gasteiger partial charge in [-0.05, 0) is 25.0 Å². The van der Waals surface area contributed by atoms with Gasteiger partial charge in [-0.3, -0.25) is 5.84 Å². The van der Waals surface area contributed by atoms with Crippen molar-refractivity contribution >= 4 is 16.6 Å². The Morgan fingerprint density at radius 1 is 1.17 bits per heavy atom. The van der Waals surface area contributed by atoms with Gasteiger partial charge < -0.3 is 5.43 Å². The SMILES string of the molecule is NNc1cc(C2CC2)nc2c(F)c(F)c(F)cc12. The lowest BCUT2D eigenvalue weighted by Crippen LogP contribution is -2.09. The van der Waals surface area contributed by atoms with E-state index in [9.17, 15) is 13.2 Å². The van der Waals surface area contributed by atoms with Gasteiger partial charge in [0.15, 0.2) is 17.5 Å². The molecule has 1 aromatic heterocycles. The van der Waals surface area contributed by atoms with E-state index in [0.717, 1.165) is 18.9 Å². The molecule has 0 aliphatic heterocycles. The third kappa shape index (κ3) is 1.60. The van der Waals surface area contributed by atoms with E-state index in [0.29, 0.717) is 11.4 Å². The first-order chi connectivity index (χ1) is 8.61. The Kier molecular flexibility index (Phi) is 2.41. The second-order valence-electron chi connectivity index (χ2n) is 4.40. The molecule has 18 heavy (non-hydrogen) atoms. The maximum absolute atomic E-state index is 13.7. The number of benzene rings is 1. The first kappa shape index (κ1) is 11.3. The lowest BCUT2D eigenvalue weighted by molar-refractivity contribution is 0.452. The maximum Gasteiger partial charge on any atom is 0.196 e. The minimum absolute atomic E-state index is 0.137. The van der Waals surface area contributed by atoms with Crippen LogP contribution in [0.5, 0.6) is 0 Å². The van der Waals surface area contributed by atoms with Gasteiger partial charge >= 0.3 is 0 Å². The average Bonchev–Trinajstić information content (AvgIpc) is 3.19. The van der Waals surface area contributed by atoms with Crippen LogP contribution in [0.15, 0.2) is 12.1 Å². The summed E-state index contributed by atoms with van der Waals surface area (Å²) in [7, 11) is 0. The number of anilines is 1. The van der Waals surface area contributed by atoms with Crippen molar-refractivity contribution in [1.29, 1.82) is 0 Å². The summed E-state index contributed by atoms with van der Waals surface area (Å²) < 4.78 is 40.1. The molecule has 0 amide bonds. The molecular formula is C12H10F3N3. The summed E-state index contributed by atoms with van der Waals surface area (Å²) in [5.74, 6) is 1.55. The van der Waals surface area contributed by atoms with Crippen molar-refractivity contribution < 1.29 is 13.2 Å². The van der Waals surface area contributed by atoms with Gasteiger partial charge in [0.25, 0.3) is 0 Å². The lowest BCUT2D eigenvalue weighted by atomic mass is 10.1. The minimum atomic E-state index is -1.51. The fourth-order valence-corrected chi connectivity index (χ4v) is 1.99. The monoisotopic (exact) mass is 253 g/mol. The Morgan fingerprint density at radius 2 is 1.89 bits per heavy atom. The topological polar surface area (TPSA) is 50.9 Å². The molecule has 94 valence electrons. The molecule has 1 heterocycles. The first-order valence-electron chi connectivity index (χ1n) is 5.56. The smallest absolute Gasteiger partial charge is 0.196 e. The van der Waals surface area contributed by atoms with E-state index in [1.54, 1.807) is 6.07 Å². The van der Waals surface area contributed by atoms with Gasteiger partial charge in [-0.15, -0.1) is 0 Å². The summed E-state index contributed by atoms with van der Waals surface area (Å²) in [6.07, 6.45) is 1.93. The molecule has 3 nitrogen and oxygen atoms in total. The van der Waals surface area contributed by atoms with Gasteiger partial charge in [0.1, 0.15) is 5.52 Å². The molecule has 1 fully saturated rings. The number of aromatic nitrogens is 1. The summed E-state index contributed by atoms with van der Waals surface area (Å²) in [5.41, 5.74) is 3.18. The Morgan fingerprint density at radius 3 is 2.50 bits per heavy atom. The Hall–Kier alpha value is -1.82. The van der Waals surface area contributed by atoms with E-state index in [-0.39, 0.29) is 16.8 Å². The van der Waals surface area contributed by atoms with Gasteiger partial charge in [-0.2, -0.15) is 0 Å². The van der Waals surface area contributed by atoms with Gasteiger partial charge in [0.05, 0.1) is 5.69 Å². The van der Waals surface area contributed by atoms with Crippen LogP contribution in [-0.4, -0.2) is 4.98 Å². The molecule has 0 radical (unpaired) electrons. The van der Waals surface area contributed by atoms with Crippen molar-refractivity contribution in [2.75, 3.05) is 5.43 Å². The second kappa shape index (κ2) is 3.84. The largest absolute Gasteiger partial charge is 0.323 e. The Balaban J connectivity index is 2.35. The standard InChI is InChI=1S/C12H10F3N3/c13-7-3-6-9(18-16)4-8(5-1-2-5)17-12(6)11(15)10(7)14/h3-5H,1-2,16H2,(H,17,18). The zero-order chi connectivity index (χ0) is 12.9. The zero-order valence-electron chi connectivity index (χ0n) is 9.30. The van der Waals surface area contributed by atoms with E-state index < -0.39 is 17.5 Å². The summed E-state index contributed by atoms with van der Waals surface area (Å²) in [5, 5.41) is 0.137. The second-order valence-corrected chi connectivity index (χ2v) is 4.40. The number of nitrogens with two attached hydrogens (primary N) is 1. The summed E-state index contributed by atoms with van der Waals surface area (Å²) >= 11 is 0. The number of nitrogens with one attached hydrogen (secondary N) is 1. The van der Waals surface area contributed by atoms with E-state index in [1.807, 2.05) is 0 Å². The number of fused-ring (bicyclic) bond motifs is 1. The molecule has 1 aliphatic rings. The number of hydrazine groups is 1. The third-order valence-electron chi connectivity index (χ3n) is 3.11. The van der Waals surface area contributed by atoms with Crippen LogP contribution in [0.25, 0.3) is 10.9 Å². The van der Waals surface area contributed by atoms with Crippen LogP contribution in [0.2, 0.25) is 0 Å². The van der Waals surface area contributed by atoms with Crippen LogP contribution >= 0.6 is 0 Å². The number of rotatable bonds is 2. The van der Waals surface area contributed by atoms with Crippen molar-refractivity contribution in [3.8, 4) is 0 Å². The van der Waals surface area contributed by atoms with Crippen molar-refractivity contribution in [1.82, 2.24) is 4.98 Å². The predicted octanol–water partition coefficient (Wildman–Crippen LogP) is 2.82. The molecule has 1 saturated carbocycles. The fourth-order valence-electron chi connectivity index (χ4n) is 1.99. The number of hydrogen-bond donors (Lipinski definition) is 2. The molecule has 0 unspecified atom stereocenters. The molecule has 0 saturated heterocycles. The lowest BCUT2D eigenvalue weighted by Gasteiger charge is -2.10. The molecule has 1 aromatic carbocycles. The predicted molar refractivity (Wildman–Crippen MR) is 61.4 cm³/mol. The van der Waals surface area contributed by atoms with E-state index in [2.05, 4.69) is 10.4 Å².